The maximum absolute atomic E-state index is 4.65. The van der Waals surface area contributed by atoms with Gasteiger partial charge in [0.15, 0.2) is 0 Å². The summed E-state index contributed by atoms with van der Waals surface area (Å²) in [5.74, 6) is 1.50. The van der Waals surface area contributed by atoms with Crippen molar-refractivity contribution in [2.24, 2.45) is 0 Å². The van der Waals surface area contributed by atoms with Crippen molar-refractivity contribution in [3.63, 3.8) is 0 Å². The molecule has 162 valence electrons. The first-order chi connectivity index (χ1) is 15.7. The van der Waals surface area contributed by atoms with Crippen molar-refractivity contribution in [2.45, 2.75) is 13.3 Å². The Morgan fingerprint density at radius 2 is 1.69 bits per heavy atom. The predicted octanol–water partition coefficient (Wildman–Crippen LogP) is 3.68. The summed E-state index contributed by atoms with van der Waals surface area (Å²) in [6.07, 6.45) is 10.2. The predicted molar refractivity (Wildman–Crippen MR) is 127 cm³/mol. The number of hydrogen-bond acceptors (Lipinski definition) is 8. The van der Waals surface area contributed by atoms with Crippen molar-refractivity contribution in [1.29, 1.82) is 0 Å². The second-order valence-corrected chi connectivity index (χ2v) is 8.17. The highest BCUT2D eigenvalue weighted by Gasteiger charge is 2.15. The fourth-order valence-corrected chi connectivity index (χ4v) is 3.91. The van der Waals surface area contributed by atoms with Crippen LogP contribution in [-0.4, -0.2) is 63.0 Å². The van der Waals surface area contributed by atoms with Crippen molar-refractivity contribution in [3.05, 3.63) is 60.9 Å². The molecule has 1 aliphatic rings. The maximum Gasteiger partial charge on any atom is 0.225 e. The number of aryl methyl sites for hydroxylation is 1. The van der Waals surface area contributed by atoms with E-state index in [0.29, 0.717) is 5.82 Å². The highest BCUT2D eigenvalue weighted by atomic mass is 15.3. The highest BCUT2D eigenvalue weighted by Crippen LogP contribution is 2.28. The molecule has 32 heavy (non-hydrogen) atoms. The molecule has 8 heteroatoms. The van der Waals surface area contributed by atoms with Gasteiger partial charge in [0.1, 0.15) is 5.82 Å². The summed E-state index contributed by atoms with van der Waals surface area (Å²) >= 11 is 0. The molecule has 4 heterocycles. The van der Waals surface area contributed by atoms with Gasteiger partial charge in [-0.05, 0) is 44.6 Å². The van der Waals surface area contributed by atoms with Gasteiger partial charge in [0.25, 0.3) is 0 Å². The Labute approximate surface area is 187 Å². The van der Waals surface area contributed by atoms with Gasteiger partial charge in [-0.25, -0.2) is 15.0 Å². The number of anilines is 3. The lowest BCUT2D eigenvalue weighted by Gasteiger charge is -2.20. The van der Waals surface area contributed by atoms with Crippen LogP contribution < -0.4 is 10.2 Å². The van der Waals surface area contributed by atoms with E-state index in [1.54, 1.807) is 18.6 Å². The van der Waals surface area contributed by atoms with E-state index in [1.165, 1.54) is 0 Å². The molecule has 0 bridgehead atoms. The number of rotatable bonds is 4. The monoisotopic (exact) mass is 426 g/mol. The largest absolute Gasteiger partial charge is 0.339 e. The van der Waals surface area contributed by atoms with E-state index >= 15 is 0 Å². The zero-order valence-electron chi connectivity index (χ0n) is 18.4. The SMILES string of the molecule is Cc1cnc(Nc2ccnc3cc(-c4cnc(N5CCCN(C)CC5)nc4)ccc23)cn1. The van der Waals surface area contributed by atoms with E-state index in [1.807, 2.05) is 25.4 Å². The number of pyridine rings is 1. The van der Waals surface area contributed by atoms with E-state index in [-0.39, 0.29) is 0 Å². The molecule has 1 N–H and O–H groups in total. The fourth-order valence-electron chi connectivity index (χ4n) is 3.91. The third-order valence-electron chi connectivity index (χ3n) is 5.76. The van der Waals surface area contributed by atoms with Crippen LogP contribution in [0, 0.1) is 6.92 Å². The normalized spacial score (nSPS) is 15.0. The Bertz CT molecular complexity index is 1210. The number of fused-ring (bicyclic) bond motifs is 1. The molecule has 5 rings (SSSR count). The fraction of sp³-hybridized carbons (Fsp3) is 0.292. The van der Waals surface area contributed by atoms with Crippen LogP contribution in [0.4, 0.5) is 17.5 Å². The second kappa shape index (κ2) is 8.84. The first-order valence-corrected chi connectivity index (χ1v) is 10.9. The van der Waals surface area contributed by atoms with Gasteiger partial charge in [0, 0.05) is 49.2 Å². The second-order valence-electron chi connectivity index (χ2n) is 8.17. The lowest BCUT2D eigenvalue weighted by molar-refractivity contribution is 0.360. The Morgan fingerprint density at radius 3 is 2.50 bits per heavy atom. The minimum atomic E-state index is 0.705. The third kappa shape index (κ3) is 4.36. The van der Waals surface area contributed by atoms with E-state index in [2.05, 4.69) is 65.3 Å². The van der Waals surface area contributed by atoms with Crippen LogP contribution in [0.1, 0.15) is 12.1 Å². The molecule has 1 saturated heterocycles. The van der Waals surface area contributed by atoms with Crippen molar-refractivity contribution < 1.29 is 0 Å². The molecular weight excluding hydrogens is 400 g/mol. The zero-order chi connectivity index (χ0) is 21.9. The molecule has 0 saturated carbocycles. The van der Waals surface area contributed by atoms with Crippen LogP contribution in [0.15, 0.2) is 55.2 Å². The molecule has 0 spiro atoms. The van der Waals surface area contributed by atoms with Gasteiger partial charge < -0.3 is 15.1 Å². The number of nitrogens with zero attached hydrogens (tertiary/aromatic N) is 7. The van der Waals surface area contributed by atoms with Crippen molar-refractivity contribution in [1.82, 2.24) is 29.8 Å². The topological polar surface area (TPSA) is 83.0 Å². The first kappa shape index (κ1) is 20.3. The number of hydrogen-bond donors (Lipinski definition) is 1. The molecule has 1 aliphatic heterocycles. The minimum absolute atomic E-state index is 0.705. The van der Waals surface area contributed by atoms with Gasteiger partial charge in [-0.3, -0.25) is 9.97 Å². The van der Waals surface area contributed by atoms with E-state index in [0.717, 1.165) is 72.0 Å². The molecule has 3 aromatic heterocycles. The molecule has 0 unspecified atom stereocenters. The van der Waals surface area contributed by atoms with Gasteiger partial charge in [-0.2, -0.15) is 0 Å². The van der Waals surface area contributed by atoms with Crippen LogP contribution in [0.2, 0.25) is 0 Å². The number of likely N-dealkylation sites (N-methyl/N-ethyl adjacent to an activating group) is 1. The third-order valence-corrected chi connectivity index (χ3v) is 5.76. The van der Waals surface area contributed by atoms with Crippen LogP contribution >= 0.6 is 0 Å². The Kier molecular flexibility index (Phi) is 5.60. The van der Waals surface area contributed by atoms with Crippen LogP contribution in [0.3, 0.4) is 0 Å². The molecule has 8 nitrogen and oxygen atoms in total. The standard InChI is InChI=1S/C24H26N8/c1-17-13-27-23(16-26-17)30-21-6-7-25-22-12-18(4-5-20(21)22)19-14-28-24(29-15-19)32-9-3-8-31(2)10-11-32/h4-7,12-16H,3,8-11H2,1-2H3,(H,25,27,30). The smallest absolute Gasteiger partial charge is 0.225 e. The molecule has 0 aliphatic carbocycles. The summed E-state index contributed by atoms with van der Waals surface area (Å²) < 4.78 is 0. The first-order valence-electron chi connectivity index (χ1n) is 10.9. The summed E-state index contributed by atoms with van der Waals surface area (Å²) in [6, 6.07) is 8.16. The van der Waals surface area contributed by atoms with E-state index in [4.69, 9.17) is 0 Å². The molecule has 1 aromatic carbocycles. The average Bonchev–Trinajstić information content (AvgIpc) is 3.05. The number of nitrogens with one attached hydrogen (secondary N) is 1. The Hall–Kier alpha value is -3.65. The van der Waals surface area contributed by atoms with Crippen LogP contribution in [-0.2, 0) is 0 Å². The van der Waals surface area contributed by atoms with Crippen molar-refractivity contribution >= 4 is 28.4 Å². The van der Waals surface area contributed by atoms with Gasteiger partial charge >= 0.3 is 0 Å². The average molecular weight is 427 g/mol. The van der Waals surface area contributed by atoms with Gasteiger partial charge in [0.05, 0.1) is 29.3 Å². The molecule has 1 fully saturated rings. The lowest BCUT2D eigenvalue weighted by Crippen LogP contribution is -2.30. The summed E-state index contributed by atoms with van der Waals surface area (Å²) in [4.78, 5) is 27.2. The van der Waals surface area contributed by atoms with E-state index < -0.39 is 0 Å². The van der Waals surface area contributed by atoms with Crippen LogP contribution in [0.25, 0.3) is 22.0 Å². The molecule has 4 aromatic rings. The Morgan fingerprint density at radius 1 is 0.812 bits per heavy atom. The van der Waals surface area contributed by atoms with Gasteiger partial charge in [-0.1, -0.05) is 12.1 Å². The summed E-state index contributed by atoms with van der Waals surface area (Å²) in [6.45, 7) is 6.02. The lowest BCUT2D eigenvalue weighted by atomic mass is 10.1. The van der Waals surface area contributed by atoms with Gasteiger partial charge in [0.2, 0.25) is 5.95 Å². The summed E-state index contributed by atoms with van der Waals surface area (Å²) in [7, 11) is 2.16. The number of benzene rings is 1. The molecule has 0 radical (unpaired) electrons. The zero-order valence-corrected chi connectivity index (χ0v) is 18.4. The summed E-state index contributed by atoms with van der Waals surface area (Å²) in [5, 5.41) is 4.36. The van der Waals surface area contributed by atoms with Crippen molar-refractivity contribution in [3.8, 4) is 11.1 Å². The number of aromatic nitrogens is 5. The van der Waals surface area contributed by atoms with Gasteiger partial charge in [-0.15, -0.1) is 0 Å². The molecule has 0 atom stereocenters. The summed E-state index contributed by atoms with van der Waals surface area (Å²) in [5.41, 5.74) is 4.74. The molecular formula is C24H26N8. The highest BCUT2D eigenvalue weighted by molar-refractivity contribution is 5.94. The maximum atomic E-state index is 4.65. The minimum Gasteiger partial charge on any atom is -0.339 e. The van der Waals surface area contributed by atoms with Crippen molar-refractivity contribution in [2.75, 3.05) is 43.4 Å². The van der Waals surface area contributed by atoms with E-state index in [9.17, 15) is 0 Å². The van der Waals surface area contributed by atoms with Crippen LogP contribution in [0.5, 0.6) is 0 Å². The Balaban J connectivity index is 1.38. The quantitative estimate of drug-likeness (QED) is 0.529. The molecule has 0 amide bonds.